The lowest BCUT2D eigenvalue weighted by atomic mass is 9.95. The number of fused-ring (bicyclic) bond motifs is 1. The third-order valence-corrected chi connectivity index (χ3v) is 4.87. The molecule has 1 aromatic carbocycles. The Balaban J connectivity index is 1.81. The van der Waals surface area contributed by atoms with Crippen molar-refractivity contribution in [3.8, 4) is 11.3 Å². The molecule has 0 amide bonds. The number of benzene rings is 1. The number of nitrogens with zero attached hydrogens (tertiary/aromatic N) is 2. The standard InChI is InChI=1S/C19H19ClFN3/c20-14-8-11-17-23-18(13-6-9-15(21)10-7-13)19(24(17)12-14)22-16-4-2-1-3-5-16/h6-12,16,22H,1-5H2. The van der Waals surface area contributed by atoms with Gasteiger partial charge in [0.25, 0.3) is 0 Å². The molecule has 24 heavy (non-hydrogen) atoms. The van der Waals surface area contributed by atoms with Crippen LogP contribution in [0.15, 0.2) is 42.6 Å². The van der Waals surface area contributed by atoms with Crippen LogP contribution in [0.3, 0.4) is 0 Å². The molecule has 0 atom stereocenters. The van der Waals surface area contributed by atoms with Gasteiger partial charge in [-0.05, 0) is 49.2 Å². The molecular formula is C19H19ClFN3. The Kier molecular flexibility index (Phi) is 4.15. The highest BCUT2D eigenvalue weighted by atomic mass is 35.5. The number of anilines is 1. The lowest BCUT2D eigenvalue weighted by molar-refractivity contribution is 0.462. The zero-order valence-electron chi connectivity index (χ0n) is 13.3. The average Bonchev–Trinajstić information content (AvgIpc) is 2.94. The molecule has 2 heterocycles. The molecule has 1 aliphatic rings. The van der Waals surface area contributed by atoms with Crippen molar-refractivity contribution < 1.29 is 4.39 Å². The van der Waals surface area contributed by atoms with Crippen molar-refractivity contribution in [1.82, 2.24) is 9.38 Å². The molecule has 1 saturated carbocycles. The number of rotatable bonds is 3. The summed E-state index contributed by atoms with van der Waals surface area (Å²) in [6.45, 7) is 0. The van der Waals surface area contributed by atoms with E-state index in [-0.39, 0.29) is 5.82 Å². The average molecular weight is 344 g/mol. The van der Waals surface area contributed by atoms with E-state index in [1.807, 2.05) is 22.7 Å². The third-order valence-electron chi connectivity index (χ3n) is 4.65. The van der Waals surface area contributed by atoms with Crippen LogP contribution in [0.5, 0.6) is 0 Å². The highest BCUT2D eigenvalue weighted by Crippen LogP contribution is 2.32. The smallest absolute Gasteiger partial charge is 0.139 e. The normalized spacial score (nSPS) is 15.8. The molecule has 3 nitrogen and oxygen atoms in total. The van der Waals surface area contributed by atoms with Gasteiger partial charge in [-0.1, -0.05) is 30.9 Å². The Hall–Kier alpha value is -2.07. The first kappa shape index (κ1) is 15.5. The number of imidazole rings is 1. The molecule has 0 radical (unpaired) electrons. The SMILES string of the molecule is Fc1ccc(-c2nc3ccc(Cl)cn3c2NC2CCCCC2)cc1. The second-order valence-electron chi connectivity index (χ2n) is 6.37. The molecule has 124 valence electrons. The lowest BCUT2D eigenvalue weighted by Crippen LogP contribution is -2.23. The highest BCUT2D eigenvalue weighted by Gasteiger charge is 2.19. The number of hydrogen-bond acceptors (Lipinski definition) is 2. The summed E-state index contributed by atoms with van der Waals surface area (Å²) in [6, 6.07) is 10.7. The van der Waals surface area contributed by atoms with E-state index in [4.69, 9.17) is 16.6 Å². The minimum atomic E-state index is -0.243. The van der Waals surface area contributed by atoms with Crippen LogP contribution in [-0.2, 0) is 0 Å². The van der Waals surface area contributed by atoms with Crippen molar-refractivity contribution in [2.75, 3.05) is 5.32 Å². The fraction of sp³-hybridized carbons (Fsp3) is 0.316. The second kappa shape index (κ2) is 6.44. The molecule has 3 aromatic rings. The van der Waals surface area contributed by atoms with E-state index in [0.717, 1.165) is 35.6 Å². The van der Waals surface area contributed by atoms with E-state index in [9.17, 15) is 4.39 Å². The van der Waals surface area contributed by atoms with Crippen molar-refractivity contribution >= 4 is 23.1 Å². The van der Waals surface area contributed by atoms with Crippen molar-refractivity contribution in [3.63, 3.8) is 0 Å². The fourth-order valence-electron chi connectivity index (χ4n) is 3.41. The van der Waals surface area contributed by atoms with Crippen molar-refractivity contribution in [2.45, 2.75) is 38.1 Å². The van der Waals surface area contributed by atoms with E-state index in [1.165, 1.54) is 31.4 Å². The molecule has 0 aliphatic heterocycles. The van der Waals surface area contributed by atoms with E-state index in [1.54, 1.807) is 12.1 Å². The van der Waals surface area contributed by atoms with Crippen molar-refractivity contribution in [3.05, 3.63) is 53.4 Å². The van der Waals surface area contributed by atoms with Crippen LogP contribution in [0.4, 0.5) is 10.2 Å². The van der Waals surface area contributed by atoms with E-state index < -0.39 is 0 Å². The van der Waals surface area contributed by atoms with Gasteiger partial charge in [0.1, 0.15) is 23.0 Å². The molecule has 2 aromatic heterocycles. The second-order valence-corrected chi connectivity index (χ2v) is 6.81. The number of halogens is 2. The Bertz CT molecular complexity index is 851. The van der Waals surface area contributed by atoms with E-state index in [0.29, 0.717) is 11.1 Å². The maximum atomic E-state index is 13.3. The fourth-order valence-corrected chi connectivity index (χ4v) is 3.57. The molecule has 0 unspecified atom stereocenters. The third kappa shape index (κ3) is 2.98. The first-order valence-corrected chi connectivity index (χ1v) is 8.78. The summed E-state index contributed by atoms with van der Waals surface area (Å²) in [6.07, 6.45) is 8.01. The summed E-state index contributed by atoms with van der Waals surface area (Å²) in [5.41, 5.74) is 2.56. The largest absolute Gasteiger partial charge is 0.367 e. The van der Waals surface area contributed by atoms with Crippen molar-refractivity contribution in [1.29, 1.82) is 0 Å². The number of nitrogens with one attached hydrogen (secondary N) is 1. The summed E-state index contributed by atoms with van der Waals surface area (Å²) in [5.74, 6) is 0.693. The zero-order valence-corrected chi connectivity index (χ0v) is 14.1. The van der Waals surface area contributed by atoms with Gasteiger partial charge in [-0.25, -0.2) is 9.37 Å². The van der Waals surface area contributed by atoms with E-state index >= 15 is 0 Å². The van der Waals surface area contributed by atoms with Crippen LogP contribution in [0.1, 0.15) is 32.1 Å². The topological polar surface area (TPSA) is 29.3 Å². The first-order valence-electron chi connectivity index (χ1n) is 8.41. The van der Waals surface area contributed by atoms with Crippen LogP contribution in [0, 0.1) is 5.82 Å². The monoisotopic (exact) mass is 343 g/mol. The van der Waals surface area contributed by atoms with Gasteiger partial charge < -0.3 is 5.32 Å². The van der Waals surface area contributed by atoms with Gasteiger partial charge in [-0.2, -0.15) is 0 Å². The van der Waals surface area contributed by atoms with Crippen LogP contribution in [0.25, 0.3) is 16.9 Å². The molecule has 1 aliphatic carbocycles. The van der Waals surface area contributed by atoms with Gasteiger partial charge in [-0.3, -0.25) is 4.40 Å². The summed E-state index contributed by atoms with van der Waals surface area (Å²) >= 11 is 6.18. The molecular weight excluding hydrogens is 325 g/mol. The predicted molar refractivity (Wildman–Crippen MR) is 96.1 cm³/mol. The van der Waals surface area contributed by atoms with Gasteiger partial charge in [0, 0.05) is 17.8 Å². The Morgan fingerprint density at radius 2 is 1.79 bits per heavy atom. The molecule has 5 heteroatoms. The summed E-state index contributed by atoms with van der Waals surface area (Å²) in [7, 11) is 0. The van der Waals surface area contributed by atoms with Gasteiger partial charge >= 0.3 is 0 Å². The van der Waals surface area contributed by atoms with Crippen LogP contribution in [-0.4, -0.2) is 15.4 Å². The Morgan fingerprint density at radius 1 is 1.04 bits per heavy atom. The summed E-state index contributed by atoms with van der Waals surface area (Å²) in [4.78, 5) is 4.74. The molecule has 4 rings (SSSR count). The number of aromatic nitrogens is 2. The summed E-state index contributed by atoms with van der Waals surface area (Å²) in [5, 5.41) is 4.32. The van der Waals surface area contributed by atoms with Crippen LogP contribution in [0.2, 0.25) is 5.02 Å². The Labute approximate surface area is 145 Å². The van der Waals surface area contributed by atoms with Crippen LogP contribution >= 0.6 is 11.6 Å². The first-order chi connectivity index (χ1) is 11.7. The molecule has 0 spiro atoms. The lowest BCUT2D eigenvalue weighted by Gasteiger charge is -2.24. The number of pyridine rings is 1. The maximum Gasteiger partial charge on any atom is 0.139 e. The van der Waals surface area contributed by atoms with E-state index in [2.05, 4.69) is 5.32 Å². The molecule has 1 N–H and O–H groups in total. The Morgan fingerprint density at radius 3 is 2.54 bits per heavy atom. The highest BCUT2D eigenvalue weighted by molar-refractivity contribution is 6.30. The maximum absolute atomic E-state index is 13.3. The van der Waals surface area contributed by atoms with Gasteiger partial charge in [-0.15, -0.1) is 0 Å². The van der Waals surface area contributed by atoms with Gasteiger partial charge in [0.2, 0.25) is 0 Å². The molecule has 1 fully saturated rings. The molecule has 0 saturated heterocycles. The zero-order chi connectivity index (χ0) is 16.5. The number of hydrogen-bond donors (Lipinski definition) is 1. The van der Waals surface area contributed by atoms with Gasteiger partial charge in [0.15, 0.2) is 0 Å². The van der Waals surface area contributed by atoms with Crippen molar-refractivity contribution in [2.24, 2.45) is 0 Å². The van der Waals surface area contributed by atoms with Gasteiger partial charge in [0.05, 0.1) is 5.02 Å². The minimum absolute atomic E-state index is 0.243. The minimum Gasteiger partial charge on any atom is -0.367 e. The summed E-state index contributed by atoms with van der Waals surface area (Å²) < 4.78 is 15.3. The van der Waals surface area contributed by atoms with Crippen LogP contribution < -0.4 is 5.32 Å². The quantitative estimate of drug-likeness (QED) is 0.676. The molecule has 0 bridgehead atoms. The predicted octanol–water partition coefficient (Wildman–Crippen LogP) is 5.54.